The van der Waals surface area contributed by atoms with Gasteiger partial charge >= 0.3 is 5.69 Å². The Morgan fingerprint density at radius 1 is 1.31 bits per heavy atom. The van der Waals surface area contributed by atoms with Crippen LogP contribution < -0.4 is 4.74 Å². The molecule has 134 valence electrons. The highest BCUT2D eigenvalue weighted by molar-refractivity contribution is 7.99. The summed E-state index contributed by atoms with van der Waals surface area (Å²) in [5.41, 5.74) is 0.0282. The van der Waals surface area contributed by atoms with Crippen molar-refractivity contribution in [1.29, 1.82) is 0 Å². The molecule has 10 heteroatoms. The van der Waals surface area contributed by atoms with Crippen LogP contribution in [0.1, 0.15) is 0 Å². The number of halogens is 2. The van der Waals surface area contributed by atoms with E-state index in [0.29, 0.717) is 21.6 Å². The number of benzene rings is 2. The predicted octanol–water partition coefficient (Wildman–Crippen LogP) is 4.34. The van der Waals surface area contributed by atoms with E-state index in [-0.39, 0.29) is 10.6 Å². The zero-order chi connectivity index (χ0) is 18.8. The van der Waals surface area contributed by atoms with Crippen molar-refractivity contribution in [3.05, 3.63) is 57.4 Å². The fourth-order valence-corrected chi connectivity index (χ4v) is 3.47. The molecule has 26 heavy (non-hydrogen) atoms. The lowest BCUT2D eigenvalue weighted by molar-refractivity contribution is -0.390. The molecule has 1 heterocycles. The van der Waals surface area contributed by atoms with Crippen molar-refractivity contribution in [3.8, 4) is 17.1 Å². The van der Waals surface area contributed by atoms with Crippen LogP contribution in [0.25, 0.3) is 11.4 Å². The van der Waals surface area contributed by atoms with Crippen molar-refractivity contribution in [2.75, 3.05) is 7.11 Å². The first-order valence-electron chi connectivity index (χ1n) is 7.26. The van der Waals surface area contributed by atoms with E-state index in [9.17, 15) is 14.5 Å². The number of ether oxygens (including phenoxy) is 1. The van der Waals surface area contributed by atoms with Gasteiger partial charge in [-0.3, -0.25) is 10.1 Å². The fraction of sp³-hybridized carbons (Fsp3) is 0.125. The van der Waals surface area contributed by atoms with E-state index in [0.717, 1.165) is 17.8 Å². The van der Waals surface area contributed by atoms with Crippen LogP contribution in [0.15, 0.2) is 46.5 Å². The summed E-state index contributed by atoms with van der Waals surface area (Å²) in [6, 6.07) is 9.46. The Morgan fingerprint density at radius 3 is 2.69 bits per heavy atom. The van der Waals surface area contributed by atoms with Gasteiger partial charge in [0.2, 0.25) is 5.82 Å². The maximum absolute atomic E-state index is 14.1. The zero-order valence-corrected chi connectivity index (χ0v) is 15.2. The lowest BCUT2D eigenvalue weighted by atomic mass is 10.2. The van der Waals surface area contributed by atoms with Crippen molar-refractivity contribution >= 4 is 29.1 Å². The topological polar surface area (TPSA) is 83.1 Å². The Morgan fingerprint density at radius 2 is 2.04 bits per heavy atom. The maximum atomic E-state index is 14.1. The van der Waals surface area contributed by atoms with E-state index < -0.39 is 16.4 Å². The first kappa shape index (κ1) is 18.2. The third kappa shape index (κ3) is 3.35. The second kappa shape index (κ2) is 7.30. The minimum Gasteiger partial charge on any atom is -0.497 e. The first-order chi connectivity index (χ1) is 12.4. The van der Waals surface area contributed by atoms with Crippen molar-refractivity contribution in [2.24, 2.45) is 7.05 Å². The lowest BCUT2D eigenvalue weighted by Gasteiger charge is -2.07. The highest BCUT2D eigenvalue weighted by atomic mass is 35.5. The average Bonchev–Trinajstić information content (AvgIpc) is 2.95. The maximum Gasteiger partial charge on any atom is 0.318 e. The van der Waals surface area contributed by atoms with E-state index in [2.05, 4.69) is 10.2 Å². The molecule has 0 saturated carbocycles. The van der Waals surface area contributed by atoms with Crippen LogP contribution in [0.2, 0.25) is 5.02 Å². The van der Waals surface area contributed by atoms with Gasteiger partial charge in [0.1, 0.15) is 5.75 Å². The molecule has 0 radical (unpaired) electrons. The lowest BCUT2D eigenvalue weighted by Crippen LogP contribution is -1.99. The third-order valence-electron chi connectivity index (χ3n) is 3.57. The van der Waals surface area contributed by atoms with Gasteiger partial charge in [0.25, 0.3) is 0 Å². The SMILES string of the molecule is COc1cc(F)c([N+](=O)[O-])c(Sc2nnc(-c3ccccc3Cl)n2C)c1. The van der Waals surface area contributed by atoms with Crippen LogP contribution in [-0.2, 0) is 7.05 Å². The molecule has 7 nitrogen and oxygen atoms in total. The van der Waals surface area contributed by atoms with Crippen LogP contribution in [0, 0.1) is 15.9 Å². The molecule has 0 amide bonds. The van der Waals surface area contributed by atoms with Gasteiger partial charge in [-0.2, -0.15) is 4.39 Å². The second-order valence-electron chi connectivity index (χ2n) is 5.16. The average molecular weight is 395 g/mol. The number of methoxy groups -OCH3 is 1. The van der Waals surface area contributed by atoms with Crippen LogP contribution >= 0.6 is 23.4 Å². The van der Waals surface area contributed by atoms with E-state index in [1.54, 1.807) is 29.8 Å². The van der Waals surface area contributed by atoms with Gasteiger partial charge < -0.3 is 9.30 Å². The molecule has 2 aromatic carbocycles. The molecule has 0 spiro atoms. The number of rotatable bonds is 5. The smallest absolute Gasteiger partial charge is 0.318 e. The number of aromatic nitrogens is 3. The highest BCUT2D eigenvalue weighted by Crippen LogP contribution is 2.39. The largest absolute Gasteiger partial charge is 0.497 e. The summed E-state index contributed by atoms with van der Waals surface area (Å²) in [5.74, 6) is -0.321. The molecular weight excluding hydrogens is 383 g/mol. The van der Waals surface area contributed by atoms with Crippen molar-refractivity contribution in [2.45, 2.75) is 10.1 Å². The monoisotopic (exact) mass is 394 g/mol. The normalized spacial score (nSPS) is 10.8. The van der Waals surface area contributed by atoms with E-state index in [1.165, 1.54) is 13.2 Å². The quantitative estimate of drug-likeness (QED) is 0.472. The Hall–Kier alpha value is -2.65. The minimum absolute atomic E-state index is 0.0630. The van der Waals surface area contributed by atoms with Gasteiger partial charge in [0, 0.05) is 24.7 Å². The van der Waals surface area contributed by atoms with Crippen molar-refractivity contribution < 1.29 is 14.1 Å². The fourth-order valence-electron chi connectivity index (χ4n) is 2.30. The summed E-state index contributed by atoms with van der Waals surface area (Å²) in [7, 11) is 3.05. The van der Waals surface area contributed by atoms with Crippen molar-refractivity contribution in [1.82, 2.24) is 14.8 Å². The Bertz CT molecular complexity index is 996. The molecule has 0 N–H and O–H groups in total. The summed E-state index contributed by atoms with van der Waals surface area (Å²) in [6.45, 7) is 0. The Balaban J connectivity index is 2.05. The number of nitro groups is 1. The highest BCUT2D eigenvalue weighted by Gasteiger charge is 2.25. The zero-order valence-electron chi connectivity index (χ0n) is 13.6. The third-order valence-corrected chi connectivity index (χ3v) is 4.97. The molecule has 3 aromatic rings. The minimum atomic E-state index is -0.981. The molecule has 3 rings (SSSR count). The Labute approximate surface area is 156 Å². The molecule has 0 unspecified atom stereocenters. The standard InChI is InChI=1S/C16H12ClFN4O3S/c1-21-15(10-5-3-4-6-11(10)17)19-20-16(21)26-13-8-9(25-2)7-12(18)14(13)22(23)24/h3-8H,1-2H3. The molecule has 0 saturated heterocycles. The van der Waals surface area contributed by atoms with Gasteiger partial charge in [-0.15, -0.1) is 10.2 Å². The van der Waals surface area contributed by atoms with Gasteiger partial charge in [0.15, 0.2) is 11.0 Å². The summed E-state index contributed by atoms with van der Waals surface area (Å²) in [6.07, 6.45) is 0. The second-order valence-corrected chi connectivity index (χ2v) is 6.58. The first-order valence-corrected chi connectivity index (χ1v) is 8.46. The van der Waals surface area contributed by atoms with Gasteiger partial charge in [0.05, 0.1) is 22.0 Å². The van der Waals surface area contributed by atoms with Crippen LogP contribution in [0.3, 0.4) is 0 Å². The van der Waals surface area contributed by atoms with E-state index >= 15 is 0 Å². The number of nitro benzene ring substituents is 1. The molecule has 0 atom stereocenters. The van der Waals surface area contributed by atoms with Crippen LogP contribution in [-0.4, -0.2) is 26.8 Å². The molecule has 0 aliphatic rings. The Kier molecular flexibility index (Phi) is 5.10. The number of hydrogen-bond donors (Lipinski definition) is 0. The molecule has 0 aliphatic heterocycles. The summed E-state index contributed by atoms with van der Waals surface area (Å²) >= 11 is 7.10. The number of hydrogen-bond acceptors (Lipinski definition) is 6. The molecule has 1 aromatic heterocycles. The van der Waals surface area contributed by atoms with E-state index in [1.807, 2.05) is 6.07 Å². The van der Waals surface area contributed by atoms with Crippen LogP contribution in [0.5, 0.6) is 5.75 Å². The summed E-state index contributed by atoms with van der Waals surface area (Å²) in [5, 5.41) is 20.2. The molecule has 0 fully saturated rings. The summed E-state index contributed by atoms with van der Waals surface area (Å²) < 4.78 is 20.7. The summed E-state index contributed by atoms with van der Waals surface area (Å²) in [4.78, 5) is 10.5. The molecule has 0 aliphatic carbocycles. The van der Waals surface area contributed by atoms with Gasteiger partial charge in [-0.05, 0) is 23.9 Å². The van der Waals surface area contributed by atoms with Crippen LogP contribution in [0.4, 0.5) is 10.1 Å². The molecular formula is C16H12ClFN4O3S. The predicted molar refractivity (Wildman–Crippen MR) is 95.2 cm³/mol. The van der Waals surface area contributed by atoms with Gasteiger partial charge in [-0.1, -0.05) is 23.7 Å². The molecule has 0 bridgehead atoms. The number of nitrogens with zero attached hydrogens (tertiary/aromatic N) is 4. The van der Waals surface area contributed by atoms with E-state index in [4.69, 9.17) is 16.3 Å². The van der Waals surface area contributed by atoms with Gasteiger partial charge in [-0.25, -0.2) is 0 Å². The van der Waals surface area contributed by atoms with Crippen molar-refractivity contribution in [3.63, 3.8) is 0 Å².